The number of anilines is 1. The molecule has 1 N–H and O–H groups in total. The molecule has 0 amide bonds. The Balaban J connectivity index is 1.96. The molecule has 4 heteroatoms. The number of aromatic nitrogens is 1. The van der Waals surface area contributed by atoms with E-state index in [0.717, 1.165) is 26.1 Å². The van der Waals surface area contributed by atoms with Crippen molar-refractivity contribution in [2.45, 2.75) is 39.2 Å². The van der Waals surface area contributed by atoms with Crippen molar-refractivity contribution in [2.24, 2.45) is 5.92 Å². The van der Waals surface area contributed by atoms with Gasteiger partial charge in [0.1, 0.15) is 0 Å². The summed E-state index contributed by atoms with van der Waals surface area (Å²) in [6.07, 6.45) is 3.97. The zero-order chi connectivity index (χ0) is 13.9. The van der Waals surface area contributed by atoms with Crippen LogP contribution in [0.5, 0.6) is 0 Å². The molecule has 0 bridgehead atoms. The third kappa shape index (κ3) is 4.16. The van der Waals surface area contributed by atoms with Gasteiger partial charge in [-0.15, -0.1) is 0 Å². The fourth-order valence-electron chi connectivity index (χ4n) is 2.48. The average molecular weight is 265 g/mol. The zero-order valence-electron chi connectivity index (χ0n) is 12.1. The summed E-state index contributed by atoms with van der Waals surface area (Å²) < 4.78 is 13.8. The molecule has 0 aliphatic carbocycles. The van der Waals surface area contributed by atoms with Crippen molar-refractivity contribution >= 4 is 5.82 Å². The predicted molar refractivity (Wildman–Crippen MR) is 76.9 cm³/mol. The van der Waals surface area contributed by atoms with Gasteiger partial charge in [0.25, 0.3) is 0 Å². The standard InChI is InChI=1S/C15H24FN3/c1-15(2,3)18-10-12-6-5-9-19(11-12)14-13(16)7-4-8-17-14/h4,7-8,12,18H,5-6,9-11H2,1-3H3. The number of piperidine rings is 1. The van der Waals surface area contributed by atoms with Crippen molar-refractivity contribution in [3.8, 4) is 0 Å². The van der Waals surface area contributed by atoms with E-state index in [1.807, 2.05) is 0 Å². The highest BCUT2D eigenvalue weighted by Crippen LogP contribution is 2.23. The van der Waals surface area contributed by atoms with E-state index < -0.39 is 0 Å². The van der Waals surface area contributed by atoms with Crippen LogP contribution >= 0.6 is 0 Å². The van der Waals surface area contributed by atoms with Crippen LogP contribution in [-0.4, -0.2) is 30.2 Å². The molecule has 1 aliphatic heterocycles. The summed E-state index contributed by atoms with van der Waals surface area (Å²) in [5.41, 5.74) is 0.137. The van der Waals surface area contributed by atoms with E-state index in [9.17, 15) is 4.39 Å². The minimum atomic E-state index is -0.216. The van der Waals surface area contributed by atoms with Crippen LogP contribution in [-0.2, 0) is 0 Å². The van der Waals surface area contributed by atoms with Gasteiger partial charge in [-0.25, -0.2) is 9.37 Å². The van der Waals surface area contributed by atoms with Crippen LogP contribution in [0.25, 0.3) is 0 Å². The van der Waals surface area contributed by atoms with Gasteiger partial charge < -0.3 is 10.2 Å². The van der Waals surface area contributed by atoms with Gasteiger partial charge in [-0.2, -0.15) is 0 Å². The molecule has 1 atom stereocenters. The van der Waals surface area contributed by atoms with E-state index in [0.29, 0.717) is 11.7 Å². The quantitative estimate of drug-likeness (QED) is 0.911. The summed E-state index contributed by atoms with van der Waals surface area (Å²) in [5.74, 6) is 0.851. The Bertz CT molecular complexity index is 414. The third-order valence-corrected chi connectivity index (χ3v) is 3.48. The van der Waals surface area contributed by atoms with Gasteiger partial charge in [-0.1, -0.05) is 0 Å². The number of rotatable bonds is 3. The van der Waals surface area contributed by atoms with Gasteiger partial charge in [0.15, 0.2) is 11.6 Å². The number of hydrogen-bond acceptors (Lipinski definition) is 3. The highest BCUT2D eigenvalue weighted by molar-refractivity contribution is 5.40. The summed E-state index contributed by atoms with van der Waals surface area (Å²) in [6.45, 7) is 9.29. The molecule has 1 aliphatic rings. The fraction of sp³-hybridized carbons (Fsp3) is 0.667. The normalized spacial score (nSPS) is 20.6. The molecule has 1 saturated heterocycles. The maximum Gasteiger partial charge on any atom is 0.165 e. The second-order valence-electron chi connectivity index (χ2n) is 6.39. The van der Waals surface area contributed by atoms with Crippen molar-refractivity contribution in [1.82, 2.24) is 10.3 Å². The Morgan fingerprint density at radius 1 is 1.47 bits per heavy atom. The van der Waals surface area contributed by atoms with Gasteiger partial charge in [0.2, 0.25) is 0 Å². The van der Waals surface area contributed by atoms with Crippen LogP contribution in [0.3, 0.4) is 0 Å². The molecule has 1 unspecified atom stereocenters. The number of halogens is 1. The molecule has 1 fully saturated rings. The fourth-order valence-corrected chi connectivity index (χ4v) is 2.48. The first-order valence-electron chi connectivity index (χ1n) is 7.06. The minimum absolute atomic E-state index is 0.137. The van der Waals surface area contributed by atoms with Gasteiger partial charge >= 0.3 is 0 Å². The summed E-state index contributed by atoms with van der Waals surface area (Å²) in [6, 6.07) is 3.13. The van der Waals surface area contributed by atoms with Crippen LogP contribution in [0.15, 0.2) is 18.3 Å². The van der Waals surface area contributed by atoms with Crippen molar-refractivity contribution in [3.63, 3.8) is 0 Å². The van der Waals surface area contributed by atoms with Gasteiger partial charge in [-0.05, 0) is 51.7 Å². The van der Waals surface area contributed by atoms with Gasteiger partial charge in [0, 0.05) is 31.4 Å². The second-order valence-corrected chi connectivity index (χ2v) is 6.39. The molecule has 0 saturated carbocycles. The predicted octanol–water partition coefficient (Wildman–Crippen LogP) is 2.83. The first-order valence-corrected chi connectivity index (χ1v) is 7.06. The monoisotopic (exact) mass is 265 g/mol. The van der Waals surface area contributed by atoms with Crippen molar-refractivity contribution in [2.75, 3.05) is 24.5 Å². The number of pyridine rings is 1. The Morgan fingerprint density at radius 3 is 2.95 bits per heavy atom. The average Bonchev–Trinajstić information content (AvgIpc) is 2.36. The van der Waals surface area contributed by atoms with Crippen LogP contribution in [0.1, 0.15) is 33.6 Å². The summed E-state index contributed by atoms with van der Waals surface area (Å²) in [4.78, 5) is 6.25. The number of nitrogens with zero attached hydrogens (tertiary/aromatic N) is 2. The molecular weight excluding hydrogens is 241 g/mol. The lowest BCUT2D eigenvalue weighted by atomic mass is 9.96. The van der Waals surface area contributed by atoms with Crippen LogP contribution in [0.4, 0.5) is 10.2 Å². The Kier molecular flexibility index (Phi) is 4.40. The highest BCUT2D eigenvalue weighted by Gasteiger charge is 2.23. The molecule has 1 aromatic rings. The van der Waals surface area contributed by atoms with E-state index in [4.69, 9.17) is 0 Å². The Hall–Kier alpha value is -1.16. The minimum Gasteiger partial charge on any atom is -0.354 e. The van der Waals surface area contributed by atoms with E-state index in [-0.39, 0.29) is 11.4 Å². The molecule has 2 rings (SSSR count). The summed E-state index contributed by atoms with van der Waals surface area (Å²) >= 11 is 0. The second kappa shape index (κ2) is 5.87. The molecule has 2 heterocycles. The van der Waals surface area contributed by atoms with Crippen LogP contribution in [0, 0.1) is 11.7 Å². The third-order valence-electron chi connectivity index (χ3n) is 3.48. The zero-order valence-corrected chi connectivity index (χ0v) is 12.1. The van der Waals surface area contributed by atoms with Crippen molar-refractivity contribution < 1.29 is 4.39 Å². The van der Waals surface area contributed by atoms with Crippen molar-refractivity contribution in [1.29, 1.82) is 0 Å². The molecule has 106 valence electrons. The van der Waals surface area contributed by atoms with Gasteiger partial charge in [-0.3, -0.25) is 0 Å². The molecule has 0 aromatic carbocycles. The number of nitrogens with one attached hydrogen (secondary N) is 1. The summed E-state index contributed by atoms with van der Waals surface area (Å²) in [5, 5.41) is 3.54. The molecule has 0 radical (unpaired) electrons. The van der Waals surface area contributed by atoms with Crippen LogP contribution in [0.2, 0.25) is 0 Å². The summed E-state index contributed by atoms with van der Waals surface area (Å²) in [7, 11) is 0. The molecule has 3 nitrogen and oxygen atoms in total. The van der Waals surface area contributed by atoms with Crippen molar-refractivity contribution in [3.05, 3.63) is 24.1 Å². The first kappa shape index (κ1) is 14.3. The first-order chi connectivity index (χ1) is 8.96. The highest BCUT2D eigenvalue weighted by atomic mass is 19.1. The molecular formula is C15H24FN3. The van der Waals surface area contributed by atoms with E-state index in [1.54, 1.807) is 12.3 Å². The molecule has 0 spiro atoms. The van der Waals surface area contributed by atoms with E-state index in [1.165, 1.54) is 12.5 Å². The maximum atomic E-state index is 13.8. The largest absolute Gasteiger partial charge is 0.354 e. The lowest BCUT2D eigenvalue weighted by molar-refractivity contribution is 0.333. The SMILES string of the molecule is CC(C)(C)NCC1CCCN(c2ncccc2F)C1. The molecule has 19 heavy (non-hydrogen) atoms. The lowest BCUT2D eigenvalue weighted by Crippen LogP contribution is -2.45. The maximum absolute atomic E-state index is 13.8. The van der Waals surface area contributed by atoms with Crippen LogP contribution < -0.4 is 10.2 Å². The smallest absolute Gasteiger partial charge is 0.165 e. The Labute approximate surface area is 115 Å². The number of hydrogen-bond donors (Lipinski definition) is 1. The van der Waals surface area contributed by atoms with Gasteiger partial charge in [0.05, 0.1) is 0 Å². The lowest BCUT2D eigenvalue weighted by Gasteiger charge is -2.35. The molecule has 1 aromatic heterocycles. The van der Waals surface area contributed by atoms with E-state index >= 15 is 0 Å². The Morgan fingerprint density at radius 2 is 2.26 bits per heavy atom. The van der Waals surface area contributed by atoms with E-state index in [2.05, 4.69) is 36.0 Å². The topological polar surface area (TPSA) is 28.2 Å².